The highest BCUT2D eigenvalue weighted by atomic mass is 15.1. The number of rotatable bonds is 11. The van der Waals surface area contributed by atoms with Crippen LogP contribution in [0.3, 0.4) is 0 Å². The van der Waals surface area contributed by atoms with E-state index in [0.717, 1.165) is 6.54 Å². The Morgan fingerprint density at radius 2 is 0.708 bits per heavy atom. The van der Waals surface area contributed by atoms with Crippen LogP contribution in [-0.4, -0.2) is 35.2 Å². The Labute approximate surface area is 287 Å². The standard InChI is InChI=1S/C45H47N3/c1-32-7-11-36(12-8-32)44(40-23-27-42(28-24-40)47(3)4)38-19-15-34(16-20-38)35-17-21-39(22-18-35)45(37-13-9-33(10-14-37)31-46-2)41-25-29-43(30-26-41)48(5)6/h7-30,44-46H,31H2,1-6H3. The van der Waals surface area contributed by atoms with Crippen LogP contribution in [-0.2, 0) is 6.54 Å². The fraction of sp³-hybridized carbons (Fsp3) is 0.200. The lowest BCUT2D eigenvalue weighted by atomic mass is 9.83. The van der Waals surface area contributed by atoms with E-state index in [-0.39, 0.29) is 11.8 Å². The molecular weight excluding hydrogens is 583 g/mol. The maximum absolute atomic E-state index is 3.26. The Kier molecular flexibility index (Phi) is 10.1. The molecule has 48 heavy (non-hydrogen) atoms. The first-order valence-electron chi connectivity index (χ1n) is 16.9. The van der Waals surface area contributed by atoms with Gasteiger partial charge in [0.25, 0.3) is 0 Å². The van der Waals surface area contributed by atoms with Crippen LogP contribution in [0.5, 0.6) is 0 Å². The Hall–Kier alpha value is -5.12. The Balaban J connectivity index is 1.31. The summed E-state index contributed by atoms with van der Waals surface area (Å²) in [5, 5.41) is 3.26. The molecule has 6 aromatic rings. The molecule has 0 radical (unpaired) electrons. The molecule has 0 heterocycles. The molecule has 0 aromatic heterocycles. The Morgan fingerprint density at radius 3 is 1.02 bits per heavy atom. The number of aryl methyl sites for hydroxylation is 1. The monoisotopic (exact) mass is 629 g/mol. The summed E-state index contributed by atoms with van der Waals surface area (Å²) in [6.45, 7) is 3.01. The highest BCUT2D eigenvalue weighted by Crippen LogP contribution is 2.36. The third-order valence-electron chi connectivity index (χ3n) is 9.41. The molecule has 0 saturated carbocycles. The molecule has 242 valence electrons. The molecule has 2 unspecified atom stereocenters. The summed E-state index contributed by atoms with van der Waals surface area (Å²) in [5.74, 6) is 0.313. The van der Waals surface area contributed by atoms with Crippen LogP contribution in [0.15, 0.2) is 146 Å². The summed E-state index contributed by atoms with van der Waals surface area (Å²) in [6.07, 6.45) is 0. The lowest BCUT2D eigenvalue weighted by Crippen LogP contribution is -2.09. The average Bonchev–Trinajstić information content (AvgIpc) is 3.11. The van der Waals surface area contributed by atoms with Crippen LogP contribution in [0.4, 0.5) is 11.4 Å². The minimum absolute atomic E-state index is 0.149. The van der Waals surface area contributed by atoms with Crippen molar-refractivity contribution in [2.45, 2.75) is 25.3 Å². The topological polar surface area (TPSA) is 18.5 Å². The average molecular weight is 630 g/mol. The highest BCUT2D eigenvalue weighted by molar-refractivity contribution is 5.65. The van der Waals surface area contributed by atoms with Gasteiger partial charge in [0, 0.05) is 57.9 Å². The Bertz CT molecular complexity index is 1890. The first-order chi connectivity index (χ1) is 23.3. The lowest BCUT2D eigenvalue weighted by Gasteiger charge is -2.22. The van der Waals surface area contributed by atoms with Gasteiger partial charge in [-0.2, -0.15) is 0 Å². The molecule has 0 aliphatic carbocycles. The molecule has 1 N–H and O–H groups in total. The predicted molar refractivity (Wildman–Crippen MR) is 206 cm³/mol. The number of hydrogen-bond donors (Lipinski definition) is 1. The smallest absolute Gasteiger partial charge is 0.0361 e. The maximum Gasteiger partial charge on any atom is 0.0361 e. The van der Waals surface area contributed by atoms with E-state index in [9.17, 15) is 0 Å². The van der Waals surface area contributed by atoms with Crippen LogP contribution in [0.1, 0.15) is 56.3 Å². The van der Waals surface area contributed by atoms with Gasteiger partial charge in [0.1, 0.15) is 0 Å². The fourth-order valence-electron chi connectivity index (χ4n) is 6.61. The summed E-state index contributed by atoms with van der Waals surface area (Å²) in [7, 11) is 10.3. The van der Waals surface area contributed by atoms with Crippen LogP contribution >= 0.6 is 0 Å². The molecule has 0 aliphatic rings. The fourth-order valence-corrected chi connectivity index (χ4v) is 6.61. The van der Waals surface area contributed by atoms with E-state index in [4.69, 9.17) is 0 Å². The van der Waals surface area contributed by atoms with Gasteiger partial charge in [-0.3, -0.25) is 0 Å². The molecule has 0 spiro atoms. The van der Waals surface area contributed by atoms with Crippen molar-refractivity contribution in [2.75, 3.05) is 45.0 Å². The van der Waals surface area contributed by atoms with Crippen LogP contribution in [0, 0.1) is 6.92 Å². The van der Waals surface area contributed by atoms with Gasteiger partial charge in [0.2, 0.25) is 0 Å². The van der Waals surface area contributed by atoms with Gasteiger partial charge in [-0.25, -0.2) is 0 Å². The van der Waals surface area contributed by atoms with Gasteiger partial charge < -0.3 is 15.1 Å². The van der Waals surface area contributed by atoms with Crippen molar-refractivity contribution in [2.24, 2.45) is 0 Å². The zero-order chi connectivity index (χ0) is 33.6. The molecule has 3 nitrogen and oxygen atoms in total. The molecule has 0 amide bonds. The lowest BCUT2D eigenvalue weighted by molar-refractivity contribution is 0.816. The molecular formula is C45H47N3. The largest absolute Gasteiger partial charge is 0.378 e. The number of hydrogen-bond acceptors (Lipinski definition) is 3. The van der Waals surface area contributed by atoms with E-state index in [1.807, 2.05) is 7.05 Å². The molecule has 0 bridgehead atoms. The second kappa shape index (κ2) is 14.8. The van der Waals surface area contributed by atoms with E-state index in [0.29, 0.717) is 0 Å². The normalized spacial score (nSPS) is 12.4. The van der Waals surface area contributed by atoms with E-state index in [2.05, 4.69) is 196 Å². The summed E-state index contributed by atoms with van der Waals surface area (Å²) in [4.78, 5) is 4.30. The zero-order valence-corrected chi connectivity index (χ0v) is 29.1. The van der Waals surface area contributed by atoms with Gasteiger partial charge in [-0.1, -0.05) is 127 Å². The molecule has 6 aromatic carbocycles. The van der Waals surface area contributed by atoms with Crippen LogP contribution in [0.25, 0.3) is 11.1 Å². The van der Waals surface area contributed by atoms with Crippen molar-refractivity contribution in [3.8, 4) is 11.1 Å². The number of benzene rings is 6. The van der Waals surface area contributed by atoms with Crippen molar-refractivity contribution in [3.63, 3.8) is 0 Å². The van der Waals surface area contributed by atoms with Crippen molar-refractivity contribution in [3.05, 3.63) is 190 Å². The molecule has 2 atom stereocenters. The number of nitrogens with zero attached hydrogens (tertiary/aromatic N) is 2. The summed E-state index contributed by atoms with van der Waals surface area (Å²) >= 11 is 0. The van der Waals surface area contributed by atoms with Gasteiger partial charge in [-0.05, 0) is 88.3 Å². The van der Waals surface area contributed by atoms with Crippen molar-refractivity contribution >= 4 is 11.4 Å². The van der Waals surface area contributed by atoms with E-state index in [1.54, 1.807) is 0 Å². The third-order valence-corrected chi connectivity index (χ3v) is 9.41. The summed E-state index contributed by atoms with van der Waals surface area (Å²) < 4.78 is 0. The highest BCUT2D eigenvalue weighted by Gasteiger charge is 2.19. The SMILES string of the molecule is CNCc1ccc(C(c2ccc(-c3ccc(C(c4ccc(C)cc4)c4ccc(N(C)C)cc4)cc3)cc2)c2ccc(N(C)C)cc2)cc1. The van der Waals surface area contributed by atoms with Gasteiger partial charge in [0.05, 0.1) is 0 Å². The minimum atomic E-state index is 0.149. The zero-order valence-electron chi connectivity index (χ0n) is 29.1. The minimum Gasteiger partial charge on any atom is -0.378 e. The van der Waals surface area contributed by atoms with Crippen molar-refractivity contribution in [1.82, 2.24) is 5.32 Å². The maximum atomic E-state index is 3.26. The van der Waals surface area contributed by atoms with Crippen LogP contribution < -0.4 is 15.1 Å². The summed E-state index contributed by atoms with van der Waals surface area (Å²) in [5.41, 5.74) is 15.2. The molecule has 3 heteroatoms. The van der Waals surface area contributed by atoms with E-state index in [1.165, 1.54) is 67.0 Å². The Morgan fingerprint density at radius 1 is 0.417 bits per heavy atom. The quantitative estimate of drug-likeness (QED) is 0.144. The predicted octanol–water partition coefficient (Wildman–Crippen LogP) is 9.87. The van der Waals surface area contributed by atoms with Gasteiger partial charge in [-0.15, -0.1) is 0 Å². The van der Waals surface area contributed by atoms with Gasteiger partial charge in [0.15, 0.2) is 0 Å². The first kappa shape index (κ1) is 32.8. The molecule has 0 aliphatic heterocycles. The number of nitrogens with one attached hydrogen (secondary N) is 1. The number of anilines is 2. The van der Waals surface area contributed by atoms with E-state index < -0.39 is 0 Å². The second-order valence-corrected chi connectivity index (χ2v) is 13.3. The molecule has 6 rings (SSSR count). The van der Waals surface area contributed by atoms with E-state index >= 15 is 0 Å². The van der Waals surface area contributed by atoms with Gasteiger partial charge >= 0.3 is 0 Å². The van der Waals surface area contributed by atoms with Crippen LogP contribution in [0.2, 0.25) is 0 Å². The molecule has 0 saturated heterocycles. The third kappa shape index (κ3) is 7.38. The molecule has 0 fully saturated rings. The summed E-state index contributed by atoms with van der Waals surface area (Å²) in [6, 6.07) is 54.3. The second-order valence-electron chi connectivity index (χ2n) is 13.3. The van der Waals surface area contributed by atoms with Crippen molar-refractivity contribution in [1.29, 1.82) is 0 Å². The van der Waals surface area contributed by atoms with Crippen molar-refractivity contribution < 1.29 is 0 Å². The first-order valence-corrected chi connectivity index (χ1v) is 16.9.